The SMILES string of the molecule is O=C(c1cc(Br)cc2c1OCC2)C1(c2ccccc2)CC1. The predicted octanol–water partition coefficient (Wildman–Crippen LogP) is 4.30. The van der Waals surface area contributed by atoms with Crippen LogP contribution in [0.5, 0.6) is 5.75 Å². The van der Waals surface area contributed by atoms with Crippen LogP contribution in [-0.2, 0) is 11.8 Å². The van der Waals surface area contributed by atoms with Gasteiger partial charge in [0, 0.05) is 10.9 Å². The second kappa shape index (κ2) is 4.70. The predicted molar refractivity (Wildman–Crippen MR) is 85.0 cm³/mol. The molecule has 0 N–H and O–H groups in total. The third kappa shape index (κ3) is 2.03. The molecule has 2 aliphatic rings. The zero-order chi connectivity index (χ0) is 14.4. The molecule has 0 saturated heterocycles. The minimum absolute atomic E-state index is 0.202. The standard InChI is InChI=1S/C18H15BrO2/c19-14-10-12-6-9-21-16(12)15(11-14)17(20)18(7-8-18)13-4-2-1-3-5-13/h1-5,10-11H,6-9H2. The van der Waals surface area contributed by atoms with E-state index < -0.39 is 0 Å². The zero-order valence-corrected chi connectivity index (χ0v) is 13.2. The maximum atomic E-state index is 13.1. The van der Waals surface area contributed by atoms with Gasteiger partial charge in [0.1, 0.15) is 5.75 Å². The van der Waals surface area contributed by atoms with Gasteiger partial charge in [-0.15, -0.1) is 0 Å². The maximum absolute atomic E-state index is 13.1. The number of benzene rings is 2. The Kier molecular flexibility index (Phi) is 2.93. The molecule has 1 aliphatic heterocycles. The Balaban J connectivity index is 1.80. The van der Waals surface area contributed by atoms with Crippen molar-refractivity contribution >= 4 is 21.7 Å². The third-order valence-electron chi connectivity index (χ3n) is 4.50. The van der Waals surface area contributed by atoms with E-state index in [9.17, 15) is 4.79 Å². The number of rotatable bonds is 3. The molecule has 1 aliphatic carbocycles. The van der Waals surface area contributed by atoms with E-state index in [-0.39, 0.29) is 11.2 Å². The number of hydrogen-bond donors (Lipinski definition) is 0. The van der Waals surface area contributed by atoms with Gasteiger partial charge in [0.2, 0.25) is 0 Å². The molecule has 1 heterocycles. The van der Waals surface area contributed by atoms with Crippen LogP contribution in [0.1, 0.15) is 34.3 Å². The third-order valence-corrected chi connectivity index (χ3v) is 4.96. The van der Waals surface area contributed by atoms with Gasteiger partial charge in [-0.3, -0.25) is 4.79 Å². The minimum Gasteiger partial charge on any atom is -0.492 e. The van der Waals surface area contributed by atoms with E-state index >= 15 is 0 Å². The number of ketones is 1. The maximum Gasteiger partial charge on any atom is 0.177 e. The fourth-order valence-electron chi connectivity index (χ4n) is 3.22. The molecule has 0 spiro atoms. The van der Waals surface area contributed by atoms with Crippen molar-refractivity contribution in [2.24, 2.45) is 0 Å². The number of hydrogen-bond acceptors (Lipinski definition) is 2. The van der Waals surface area contributed by atoms with Gasteiger partial charge in [0.25, 0.3) is 0 Å². The lowest BCUT2D eigenvalue weighted by molar-refractivity contribution is 0.0943. The first-order valence-corrected chi connectivity index (χ1v) is 8.05. The van der Waals surface area contributed by atoms with Gasteiger partial charge in [0.05, 0.1) is 17.6 Å². The number of carbonyl (C=O) groups is 1. The van der Waals surface area contributed by atoms with Crippen LogP contribution in [0, 0.1) is 0 Å². The quantitative estimate of drug-likeness (QED) is 0.777. The smallest absolute Gasteiger partial charge is 0.177 e. The van der Waals surface area contributed by atoms with Gasteiger partial charge < -0.3 is 4.74 Å². The highest BCUT2D eigenvalue weighted by Gasteiger charge is 2.52. The van der Waals surface area contributed by atoms with Crippen LogP contribution < -0.4 is 4.74 Å². The molecule has 4 rings (SSSR count). The number of halogens is 1. The molecule has 0 atom stereocenters. The van der Waals surface area contributed by atoms with Gasteiger partial charge in [0.15, 0.2) is 5.78 Å². The molecule has 1 fully saturated rings. The number of fused-ring (bicyclic) bond motifs is 1. The summed E-state index contributed by atoms with van der Waals surface area (Å²) in [6, 6.07) is 14.1. The molecule has 1 saturated carbocycles. The topological polar surface area (TPSA) is 26.3 Å². The van der Waals surface area contributed by atoms with Crippen molar-refractivity contribution < 1.29 is 9.53 Å². The van der Waals surface area contributed by atoms with E-state index in [1.807, 2.05) is 24.3 Å². The molecular weight excluding hydrogens is 328 g/mol. The van der Waals surface area contributed by atoms with E-state index in [1.54, 1.807) is 0 Å². The van der Waals surface area contributed by atoms with E-state index in [2.05, 4.69) is 34.1 Å². The Bertz CT molecular complexity index is 717. The average Bonchev–Trinajstić information content (AvgIpc) is 3.19. The van der Waals surface area contributed by atoms with Crippen molar-refractivity contribution in [2.75, 3.05) is 6.61 Å². The van der Waals surface area contributed by atoms with Crippen LogP contribution in [0.2, 0.25) is 0 Å². The summed E-state index contributed by atoms with van der Waals surface area (Å²) in [5.74, 6) is 0.999. The summed E-state index contributed by atoms with van der Waals surface area (Å²) < 4.78 is 6.68. The van der Waals surface area contributed by atoms with E-state index in [1.165, 1.54) is 0 Å². The molecular formula is C18H15BrO2. The first-order chi connectivity index (χ1) is 10.2. The lowest BCUT2D eigenvalue weighted by atomic mass is 9.86. The lowest BCUT2D eigenvalue weighted by Crippen LogP contribution is -2.21. The van der Waals surface area contributed by atoms with Crippen molar-refractivity contribution in [1.29, 1.82) is 0 Å². The number of carbonyl (C=O) groups excluding carboxylic acids is 1. The Morgan fingerprint density at radius 1 is 1.14 bits per heavy atom. The van der Waals surface area contributed by atoms with Crippen LogP contribution in [-0.4, -0.2) is 12.4 Å². The number of Topliss-reactive ketones (excluding diaryl/α,β-unsaturated/α-hetero) is 1. The fourth-order valence-corrected chi connectivity index (χ4v) is 3.73. The van der Waals surface area contributed by atoms with Crippen LogP contribution in [0.3, 0.4) is 0 Å². The van der Waals surface area contributed by atoms with E-state index in [4.69, 9.17) is 4.74 Å². The second-order valence-corrected chi connectivity index (χ2v) is 6.73. The van der Waals surface area contributed by atoms with Crippen LogP contribution >= 0.6 is 15.9 Å². The van der Waals surface area contributed by atoms with Gasteiger partial charge in [-0.1, -0.05) is 46.3 Å². The van der Waals surface area contributed by atoms with Gasteiger partial charge in [-0.05, 0) is 36.1 Å². The van der Waals surface area contributed by atoms with Gasteiger partial charge >= 0.3 is 0 Å². The Hall–Kier alpha value is -1.61. The minimum atomic E-state index is -0.332. The largest absolute Gasteiger partial charge is 0.492 e. The molecule has 0 bridgehead atoms. The van der Waals surface area contributed by atoms with Crippen molar-refractivity contribution in [2.45, 2.75) is 24.7 Å². The summed E-state index contributed by atoms with van der Waals surface area (Å²) in [5, 5.41) is 0. The molecule has 2 aromatic carbocycles. The van der Waals surface area contributed by atoms with Crippen LogP contribution in [0.25, 0.3) is 0 Å². The highest BCUT2D eigenvalue weighted by atomic mass is 79.9. The summed E-state index contributed by atoms with van der Waals surface area (Å²) in [6.07, 6.45) is 2.74. The Morgan fingerprint density at radius 3 is 2.62 bits per heavy atom. The molecule has 3 heteroatoms. The van der Waals surface area contributed by atoms with Gasteiger partial charge in [-0.25, -0.2) is 0 Å². The molecule has 21 heavy (non-hydrogen) atoms. The molecule has 2 aromatic rings. The van der Waals surface area contributed by atoms with Crippen molar-refractivity contribution in [3.8, 4) is 5.75 Å². The molecule has 0 radical (unpaired) electrons. The molecule has 0 unspecified atom stereocenters. The monoisotopic (exact) mass is 342 g/mol. The Morgan fingerprint density at radius 2 is 1.90 bits per heavy atom. The average molecular weight is 343 g/mol. The molecule has 106 valence electrons. The van der Waals surface area contributed by atoms with Crippen LogP contribution in [0.4, 0.5) is 0 Å². The number of ether oxygens (including phenoxy) is 1. The first kappa shape index (κ1) is 13.1. The van der Waals surface area contributed by atoms with Gasteiger partial charge in [-0.2, -0.15) is 0 Å². The van der Waals surface area contributed by atoms with Crippen molar-refractivity contribution in [3.63, 3.8) is 0 Å². The summed E-state index contributed by atoms with van der Waals surface area (Å²) >= 11 is 3.52. The highest BCUT2D eigenvalue weighted by molar-refractivity contribution is 9.10. The molecule has 0 amide bonds. The molecule has 0 aromatic heterocycles. The first-order valence-electron chi connectivity index (χ1n) is 7.26. The van der Waals surface area contributed by atoms with E-state index in [0.29, 0.717) is 6.61 Å². The molecule has 2 nitrogen and oxygen atoms in total. The summed E-state index contributed by atoms with van der Waals surface area (Å²) in [7, 11) is 0. The van der Waals surface area contributed by atoms with E-state index in [0.717, 1.165) is 46.2 Å². The Labute approximate surface area is 132 Å². The van der Waals surface area contributed by atoms with Crippen molar-refractivity contribution in [3.05, 3.63) is 63.6 Å². The second-order valence-electron chi connectivity index (χ2n) is 5.82. The normalized spacial score (nSPS) is 18.0. The van der Waals surface area contributed by atoms with Crippen LogP contribution in [0.15, 0.2) is 46.9 Å². The zero-order valence-electron chi connectivity index (χ0n) is 11.6. The fraction of sp³-hybridized carbons (Fsp3) is 0.278. The summed E-state index contributed by atoms with van der Waals surface area (Å²) in [5.41, 5.74) is 2.67. The van der Waals surface area contributed by atoms with Crippen molar-refractivity contribution in [1.82, 2.24) is 0 Å². The lowest BCUT2D eigenvalue weighted by Gasteiger charge is -2.17. The summed E-state index contributed by atoms with van der Waals surface area (Å²) in [4.78, 5) is 13.1. The summed E-state index contributed by atoms with van der Waals surface area (Å²) in [6.45, 7) is 0.671. The highest BCUT2D eigenvalue weighted by Crippen LogP contribution is 2.52.